The largest absolute Gasteiger partial charge is 0.445 e. The summed E-state index contributed by atoms with van der Waals surface area (Å²) in [5, 5.41) is 0. The van der Waals surface area contributed by atoms with Gasteiger partial charge in [0.15, 0.2) is 3.61 Å². The summed E-state index contributed by atoms with van der Waals surface area (Å²) in [6.07, 6.45) is 7.54. The lowest BCUT2D eigenvalue weighted by molar-refractivity contribution is -0.00836. The van der Waals surface area contributed by atoms with E-state index in [1.54, 1.807) is 24.5 Å². The third-order valence-corrected chi connectivity index (χ3v) is 5.36. The molecule has 1 unspecified atom stereocenters. The highest BCUT2D eigenvalue weighted by Crippen LogP contribution is 2.45. The van der Waals surface area contributed by atoms with Crippen molar-refractivity contribution >= 4 is 28.6 Å². The number of alkyl halides is 1. The average molecular weight is 372 g/mol. The highest BCUT2D eigenvalue weighted by molar-refractivity contribution is 14.1. The summed E-state index contributed by atoms with van der Waals surface area (Å²) < 4.78 is 5.44. The second-order valence-electron chi connectivity index (χ2n) is 5.47. The Bertz CT molecular complexity index is 466. The number of pyridine rings is 1. The number of fused-ring (bicyclic) bond motifs is 2. The monoisotopic (exact) mass is 372 g/mol. The second kappa shape index (κ2) is 5.01. The predicted molar refractivity (Wildman–Crippen MR) is 80.2 cm³/mol. The zero-order valence-corrected chi connectivity index (χ0v) is 13.0. The number of piperidine rings is 1. The maximum Gasteiger partial charge on any atom is 0.339 e. The van der Waals surface area contributed by atoms with Gasteiger partial charge in [-0.3, -0.25) is 4.98 Å². The van der Waals surface area contributed by atoms with Crippen LogP contribution in [0.5, 0.6) is 0 Å². The molecule has 19 heavy (non-hydrogen) atoms. The van der Waals surface area contributed by atoms with Gasteiger partial charge in [-0.2, -0.15) is 0 Å². The van der Waals surface area contributed by atoms with E-state index >= 15 is 0 Å². The van der Waals surface area contributed by atoms with Crippen LogP contribution >= 0.6 is 22.6 Å². The number of halogens is 1. The molecule has 0 aromatic carbocycles. The molecule has 1 aromatic rings. The first-order valence-electron chi connectivity index (χ1n) is 6.62. The first-order valence-corrected chi connectivity index (χ1v) is 7.69. The van der Waals surface area contributed by atoms with Gasteiger partial charge < -0.3 is 9.64 Å². The molecule has 2 fully saturated rings. The summed E-state index contributed by atoms with van der Waals surface area (Å²) in [4.78, 5) is 18.5. The number of hydrogen-bond donors (Lipinski definition) is 0. The Morgan fingerprint density at radius 2 is 1.95 bits per heavy atom. The van der Waals surface area contributed by atoms with Crippen LogP contribution < -0.4 is 0 Å². The fourth-order valence-corrected chi connectivity index (χ4v) is 4.38. The van der Waals surface area contributed by atoms with Gasteiger partial charge in [-0.1, -0.05) is 0 Å². The van der Waals surface area contributed by atoms with E-state index < -0.39 is 0 Å². The van der Waals surface area contributed by atoms with Crippen molar-refractivity contribution in [2.45, 2.75) is 41.4 Å². The Labute approximate surface area is 126 Å². The van der Waals surface area contributed by atoms with Gasteiger partial charge in [-0.25, -0.2) is 4.79 Å². The molecule has 3 rings (SSSR count). The molecule has 3 atom stereocenters. The van der Waals surface area contributed by atoms with Crippen molar-refractivity contribution in [3.8, 4) is 0 Å². The highest BCUT2D eigenvalue weighted by atomic mass is 127. The minimum absolute atomic E-state index is 0.235. The Hall–Kier alpha value is -0.690. The van der Waals surface area contributed by atoms with Crippen molar-refractivity contribution in [1.29, 1.82) is 0 Å². The molecule has 3 heterocycles. The lowest BCUT2D eigenvalue weighted by Crippen LogP contribution is -2.48. The number of rotatable bonds is 2. The molecule has 2 aliphatic heterocycles. The zero-order valence-electron chi connectivity index (χ0n) is 10.9. The highest BCUT2D eigenvalue weighted by Gasteiger charge is 2.47. The van der Waals surface area contributed by atoms with Gasteiger partial charge in [-0.05, 0) is 54.6 Å². The van der Waals surface area contributed by atoms with Crippen LogP contribution in [0.3, 0.4) is 0 Å². The molecule has 1 aromatic heterocycles. The molecular formula is C14H17IN2O2. The molecule has 4 nitrogen and oxygen atoms in total. The first-order chi connectivity index (χ1) is 9.07. The van der Waals surface area contributed by atoms with E-state index in [1.165, 1.54) is 12.8 Å². The molecule has 0 N–H and O–H groups in total. The number of carbonyl (C=O) groups is 1. The van der Waals surface area contributed by atoms with Crippen molar-refractivity contribution in [1.82, 2.24) is 9.88 Å². The molecule has 102 valence electrons. The number of ether oxygens (including phenoxy) is 1. The third kappa shape index (κ3) is 2.63. The van der Waals surface area contributed by atoms with Crippen molar-refractivity contribution in [2.24, 2.45) is 0 Å². The summed E-state index contributed by atoms with van der Waals surface area (Å²) in [5.41, 5.74) is 0.581. The van der Waals surface area contributed by atoms with Crippen LogP contribution in [0.15, 0.2) is 24.5 Å². The van der Waals surface area contributed by atoms with E-state index in [0.29, 0.717) is 17.6 Å². The average Bonchev–Trinajstić information content (AvgIpc) is 2.63. The molecule has 2 aliphatic rings. The third-order valence-electron chi connectivity index (χ3n) is 4.26. The number of carbonyl (C=O) groups excluding carboxylic acids is 1. The topological polar surface area (TPSA) is 42.4 Å². The molecule has 0 amide bonds. The van der Waals surface area contributed by atoms with Crippen LogP contribution in [0.4, 0.5) is 0 Å². The van der Waals surface area contributed by atoms with Crippen LogP contribution in [0, 0.1) is 0 Å². The standard InChI is InChI=1S/C14H17IN2O2/c1-17-11-2-3-12(17)9-14(15,8-11)19-13(18)10-4-6-16-7-5-10/h4-7,11-12H,2-3,8-9H2,1H3/t11-,12+,14?. The molecule has 0 aliphatic carbocycles. The fourth-order valence-electron chi connectivity index (χ4n) is 3.17. The summed E-state index contributed by atoms with van der Waals surface area (Å²) >= 11 is 2.33. The summed E-state index contributed by atoms with van der Waals surface area (Å²) in [6, 6.07) is 4.51. The lowest BCUT2D eigenvalue weighted by atomic mass is 10.0. The van der Waals surface area contributed by atoms with E-state index in [2.05, 4.69) is 39.5 Å². The molecule has 0 radical (unpaired) electrons. The molecule has 0 saturated carbocycles. The van der Waals surface area contributed by atoms with Gasteiger partial charge in [-0.15, -0.1) is 0 Å². The van der Waals surface area contributed by atoms with Gasteiger partial charge >= 0.3 is 5.97 Å². The van der Waals surface area contributed by atoms with Gasteiger partial charge in [0.05, 0.1) is 5.56 Å². The summed E-state index contributed by atoms with van der Waals surface area (Å²) in [7, 11) is 2.18. The van der Waals surface area contributed by atoms with Crippen LogP contribution in [0.25, 0.3) is 0 Å². The van der Waals surface area contributed by atoms with Crippen LogP contribution in [-0.2, 0) is 4.74 Å². The van der Waals surface area contributed by atoms with E-state index in [4.69, 9.17) is 4.74 Å². The zero-order chi connectivity index (χ0) is 13.5. The van der Waals surface area contributed by atoms with Gasteiger partial charge in [0.25, 0.3) is 0 Å². The van der Waals surface area contributed by atoms with Crippen molar-refractivity contribution < 1.29 is 9.53 Å². The normalized spacial score (nSPS) is 34.2. The smallest absolute Gasteiger partial charge is 0.339 e. The molecule has 0 spiro atoms. The van der Waals surface area contributed by atoms with Crippen molar-refractivity contribution in [2.75, 3.05) is 7.05 Å². The van der Waals surface area contributed by atoms with Crippen molar-refractivity contribution in [3.05, 3.63) is 30.1 Å². The summed E-state index contributed by atoms with van der Waals surface area (Å²) in [6.45, 7) is 0. The molecule has 2 bridgehead atoms. The number of aromatic nitrogens is 1. The van der Waals surface area contributed by atoms with Crippen molar-refractivity contribution in [3.63, 3.8) is 0 Å². The first kappa shape index (κ1) is 13.3. The maximum atomic E-state index is 12.2. The molecule has 5 heteroatoms. The predicted octanol–water partition coefficient (Wildman–Crippen LogP) is 2.63. The second-order valence-corrected chi connectivity index (χ2v) is 7.43. The quantitative estimate of drug-likeness (QED) is 0.455. The minimum Gasteiger partial charge on any atom is -0.445 e. The van der Waals surface area contributed by atoms with E-state index in [1.807, 2.05) is 0 Å². The maximum absolute atomic E-state index is 12.2. The van der Waals surface area contributed by atoms with E-state index in [-0.39, 0.29) is 9.58 Å². The van der Waals surface area contributed by atoms with Crippen LogP contribution in [0.1, 0.15) is 36.0 Å². The van der Waals surface area contributed by atoms with Gasteiger partial charge in [0, 0.05) is 37.3 Å². The number of esters is 1. The Morgan fingerprint density at radius 3 is 2.53 bits per heavy atom. The Kier molecular flexibility index (Phi) is 3.51. The van der Waals surface area contributed by atoms with Gasteiger partial charge in [0.1, 0.15) is 0 Å². The van der Waals surface area contributed by atoms with Crippen LogP contribution in [0.2, 0.25) is 0 Å². The van der Waals surface area contributed by atoms with Crippen LogP contribution in [-0.4, -0.2) is 38.6 Å². The number of nitrogens with zero attached hydrogens (tertiary/aromatic N) is 2. The van der Waals surface area contributed by atoms with E-state index in [0.717, 1.165) is 12.8 Å². The Balaban J connectivity index is 1.71. The SMILES string of the molecule is CN1[C@@H]2CC[C@H]1CC(I)(OC(=O)c1ccncc1)C2. The molecule has 2 saturated heterocycles. The number of hydrogen-bond acceptors (Lipinski definition) is 4. The van der Waals surface area contributed by atoms with E-state index in [9.17, 15) is 4.79 Å². The molecular weight excluding hydrogens is 355 g/mol. The fraction of sp³-hybridized carbons (Fsp3) is 0.571. The minimum atomic E-state index is -0.351. The lowest BCUT2D eigenvalue weighted by Gasteiger charge is -2.41. The van der Waals surface area contributed by atoms with Gasteiger partial charge in [0.2, 0.25) is 0 Å². The summed E-state index contributed by atoms with van der Waals surface area (Å²) in [5.74, 6) is -0.235. The Morgan fingerprint density at radius 1 is 1.37 bits per heavy atom.